The van der Waals surface area contributed by atoms with Crippen LogP contribution in [-0.4, -0.2) is 5.90 Å². The molecular weight excluding hydrogens is 350 g/mol. The molecule has 0 radical (unpaired) electrons. The van der Waals surface area contributed by atoms with E-state index in [4.69, 9.17) is 16.3 Å². The van der Waals surface area contributed by atoms with Gasteiger partial charge >= 0.3 is 0 Å². The number of halogens is 1. The second-order valence-electron chi connectivity index (χ2n) is 5.05. The van der Waals surface area contributed by atoms with Crippen molar-refractivity contribution < 1.29 is 4.74 Å². The molecule has 0 atom stereocenters. The second-order valence-corrected chi connectivity index (χ2v) is 6.41. The fourth-order valence-corrected chi connectivity index (χ4v) is 2.98. The summed E-state index contributed by atoms with van der Waals surface area (Å²) in [5.41, 5.74) is 0.834. The maximum absolute atomic E-state index is 6.18. The molecule has 0 fully saturated rings. The van der Waals surface area contributed by atoms with Crippen molar-refractivity contribution in [2.45, 2.75) is 4.90 Å². The van der Waals surface area contributed by atoms with Crippen LogP contribution >= 0.6 is 23.4 Å². The molecule has 3 rings (SSSR count). The number of hydrogen-bond donors (Lipinski definition) is 0. The summed E-state index contributed by atoms with van der Waals surface area (Å²) in [5.74, 6) is 1.25. The molecule has 0 aliphatic heterocycles. The highest BCUT2D eigenvalue weighted by Gasteiger charge is 2.01. The molecule has 0 N–H and O–H groups in total. The molecule has 0 saturated carbocycles. The molecule has 0 spiro atoms. The zero-order valence-electron chi connectivity index (χ0n) is 13.4. The van der Waals surface area contributed by atoms with E-state index in [1.54, 1.807) is 0 Å². The number of ether oxygens (including phenoxy) is 1. The zero-order chi connectivity index (χ0) is 17.3. The van der Waals surface area contributed by atoms with Crippen molar-refractivity contribution in [2.24, 2.45) is 4.99 Å². The Labute approximate surface area is 156 Å². The Balaban J connectivity index is 1.80. The SMILES string of the molecule is Clc1ccccc1SC=CC(=Nc1ccccc1)Oc1ccccc1. The molecule has 0 aromatic heterocycles. The van der Waals surface area contributed by atoms with Crippen molar-refractivity contribution in [1.82, 2.24) is 0 Å². The van der Waals surface area contributed by atoms with Gasteiger partial charge in [0.25, 0.3) is 0 Å². The molecule has 25 heavy (non-hydrogen) atoms. The van der Waals surface area contributed by atoms with Gasteiger partial charge in [0, 0.05) is 11.0 Å². The summed E-state index contributed by atoms with van der Waals surface area (Å²) in [5, 5.41) is 2.65. The van der Waals surface area contributed by atoms with Crippen molar-refractivity contribution in [1.29, 1.82) is 0 Å². The fraction of sp³-hybridized carbons (Fsp3) is 0. The van der Waals surface area contributed by atoms with Crippen molar-refractivity contribution in [3.63, 3.8) is 0 Å². The highest BCUT2D eigenvalue weighted by Crippen LogP contribution is 2.27. The first-order valence-corrected chi connectivity index (χ1v) is 9.01. The number of rotatable bonds is 5. The smallest absolute Gasteiger partial charge is 0.220 e. The van der Waals surface area contributed by atoms with Crippen LogP contribution in [0, 0.1) is 0 Å². The lowest BCUT2D eigenvalue weighted by Crippen LogP contribution is -2.04. The van der Waals surface area contributed by atoms with E-state index in [9.17, 15) is 0 Å². The van der Waals surface area contributed by atoms with Gasteiger partial charge in [0.05, 0.1) is 10.7 Å². The highest BCUT2D eigenvalue weighted by atomic mass is 35.5. The summed E-state index contributed by atoms with van der Waals surface area (Å²) >= 11 is 7.71. The first kappa shape index (κ1) is 17.3. The summed E-state index contributed by atoms with van der Waals surface area (Å²) in [6, 6.07) is 27.0. The third kappa shape index (κ3) is 5.52. The molecule has 0 saturated heterocycles. The number of para-hydroxylation sites is 2. The Bertz CT molecular complexity index is 863. The van der Waals surface area contributed by atoms with Gasteiger partial charge in [0.15, 0.2) is 0 Å². The molecule has 0 aliphatic rings. The van der Waals surface area contributed by atoms with Crippen LogP contribution in [0.3, 0.4) is 0 Å². The Morgan fingerprint density at radius 2 is 1.48 bits per heavy atom. The summed E-state index contributed by atoms with van der Waals surface area (Å²) in [6.45, 7) is 0. The van der Waals surface area contributed by atoms with Crippen molar-refractivity contribution >= 4 is 34.9 Å². The average Bonchev–Trinajstić information content (AvgIpc) is 2.65. The lowest BCUT2D eigenvalue weighted by Gasteiger charge is -2.06. The molecule has 2 nitrogen and oxygen atoms in total. The van der Waals surface area contributed by atoms with Gasteiger partial charge in [-0.3, -0.25) is 0 Å². The lowest BCUT2D eigenvalue weighted by molar-refractivity contribution is 0.556. The van der Waals surface area contributed by atoms with E-state index < -0.39 is 0 Å². The second kappa shape index (κ2) is 9.11. The molecule has 0 heterocycles. The van der Waals surface area contributed by atoms with Gasteiger partial charge in [-0.15, -0.1) is 0 Å². The van der Waals surface area contributed by atoms with Crippen LogP contribution in [0.15, 0.2) is 106 Å². The fourth-order valence-electron chi connectivity index (χ4n) is 2.04. The van der Waals surface area contributed by atoms with E-state index >= 15 is 0 Å². The van der Waals surface area contributed by atoms with Crippen LogP contribution in [0.5, 0.6) is 5.75 Å². The largest absolute Gasteiger partial charge is 0.439 e. The van der Waals surface area contributed by atoms with E-state index in [0.717, 1.165) is 21.4 Å². The quantitative estimate of drug-likeness (QED) is 0.283. The number of benzene rings is 3. The third-order valence-electron chi connectivity index (χ3n) is 3.20. The third-order valence-corrected chi connectivity index (χ3v) is 4.53. The van der Waals surface area contributed by atoms with E-state index in [-0.39, 0.29) is 0 Å². The van der Waals surface area contributed by atoms with E-state index in [2.05, 4.69) is 4.99 Å². The molecule has 0 amide bonds. The predicted octanol–water partition coefficient (Wildman–Crippen LogP) is 6.76. The first-order valence-electron chi connectivity index (χ1n) is 7.75. The van der Waals surface area contributed by atoms with Gasteiger partial charge < -0.3 is 4.74 Å². The predicted molar refractivity (Wildman–Crippen MR) is 107 cm³/mol. The number of hydrogen-bond acceptors (Lipinski definition) is 3. The standard InChI is InChI=1S/C21H16ClNOS/c22-19-13-7-8-14-20(19)25-16-15-21(23-17-9-3-1-4-10-17)24-18-11-5-2-6-12-18/h1-16H. The van der Waals surface area contributed by atoms with Crippen LogP contribution in [0.4, 0.5) is 5.69 Å². The first-order chi connectivity index (χ1) is 12.3. The Morgan fingerprint density at radius 1 is 0.840 bits per heavy atom. The molecule has 3 aromatic rings. The highest BCUT2D eigenvalue weighted by molar-refractivity contribution is 8.02. The van der Waals surface area contributed by atoms with Gasteiger partial charge in [-0.25, -0.2) is 4.99 Å². The van der Waals surface area contributed by atoms with Crippen LogP contribution in [-0.2, 0) is 0 Å². The van der Waals surface area contributed by atoms with E-state index in [1.165, 1.54) is 11.8 Å². The maximum atomic E-state index is 6.18. The Morgan fingerprint density at radius 3 is 2.20 bits per heavy atom. The minimum absolute atomic E-state index is 0.511. The molecule has 0 bridgehead atoms. The van der Waals surface area contributed by atoms with Gasteiger partial charge in [0.1, 0.15) is 5.75 Å². The number of aliphatic imine (C=N–C) groups is 1. The topological polar surface area (TPSA) is 21.6 Å². The van der Waals surface area contributed by atoms with Crippen LogP contribution in [0.2, 0.25) is 5.02 Å². The van der Waals surface area contributed by atoms with Gasteiger partial charge in [0.2, 0.25) is 5.90 Å². The van der Waals surface area contributed by atoms with Gasteiger partial charge in [-0.05, 0) is 41.8 Å². The summed E-state index contributed by atoms with van der Waals surface area (Å²) < 4.78 is 5.90. The minimum atomic E-state index is 0.511. The average molecular weight is 366 g/mol. The minimum Gasteiger partial charge on any atom is -0.439 e. The Hall–Kier alpha value is -2.49. The van der Waals surface area contributed by atoms with Crippen molar-refractivity contribution in [3.05, 3.63) is 101 Å². The molecule has 124 valence electrons. The summed E-state index contributed by atoms with van der Waals surface area (Å²) in [7, 11) is 0. The van der Waals surface area contributed by atoms with E-state index in [1.807, 2.05) is 96.4 Å². The van der Waals surface area contributed by atoms with Gasteiger partial charge in [-0.2, -0.15) is 0 Å². The molecule has 3 aromatic carbocycles. The summed E-state index contributed by atoms with van der Waals surface area (Å²) in [6.07, 6.45) is 1.84. The monoisotopic (exact) mass is 365 g/mol. The van der Waals surface area contributed by atoms with Crippen LogP contribution in [0.25, 0.3) is 0 Å². The van der Waals surface area contributed by atoms with Crippen LogP contribution in [0.1, 0.15) is 0 Å². The summed E-state index contributed by atoms with van der Waals surface area (Å²) in [4.78, 5) is 5.55. The van der Waals surface area contributed by atoms with Crippen molar-refractivity contribution in [2.75, 3.05) is 0 Å². The maximum Gasteiger partial charge on any atom is 0.220 e. The normalized spacial score (nSPS) is 11.6. The molecule has 4 heteroatoms. The van der Waals surface area contributed by atoms with Crippen LogP contribution < -0.4 is 4.74 Å². The molecular formula is C21H16ClNOS. The number of nitrogens with zero attached hydrogens (tertiary/aromatic N) is 1. The van der Waals surface area contributed by atoms with Crippen molar-refractivity contribution in [3.8, 4) is 5.75 Å². The Kier molecular flexibility index (Phi) is 6.32. The number of thioether (sulfide) groups is 1. The lowest BCUT2D eigenvalue weighted by atomic mass is 10.3. The zero-order valence-corrected chi connectivity index (χ0v) is 15.0. The molecule has 0 aliphatic carbocycles. The van der Waals surface area contributed by atoms with E-state index in [0.29, 0.717) is 5.90 Å². The molecule has 0 unspecified atom stereocenters. The van der Waals surface area contributed by atoms with Gasteiger partial charge in [-0.1, -0.05) is 71.9 Å².